The standard InChI is InChI=1S/C15H20BrNO/c1-11-12(5-4-6-13(11)16)14(18)17-9-7-15(2,3)8-10-17/h4-6H,7-10H2,1-3H3. The highest BCUT2D eigenvalue weighted by molar-refractivity contribution is 9.10. The van der Waals surface area contributed by atoms with Crippen LogP contribution in [0.2, 0.25) is 0 Å². The van der Waals surface area contributed by atoms with Gasteiger partial charge >= 0.3 is 0 Å². The van der Waals surface area contributed by atoms with E-state index in [1.54, 1.807) is 0 Å². The monoisotopic (exact) mass is 309 g/mol. The fourth-order valence-corrected chi connectivity index (χ4v) is 2.69. The van der Waals surface area contributed by atoms with E-state index in [1.807, 2.05) is 30.0 Å². The molecule has 2 rings (SSSR count). The van der Waals surface area contributed by atoms with Crippen molar-refractivity contribution in [3.8, 4) is 0 Å². The van der Waals surface area contributed by atoms with Crippen molar-refractivity contribution in [2.45, 2.75) is 33.6 Å². The summed E-state index contributed by atoms with van der Waals surface area (Å²) in [6.45, 7) is 8.29. The normalized spacial score (nSPS) is 18.8. The van der Waals surface area contributed by atoms with Crippen LogP contribution in [0.5, 0.6) is 0 Å². The molecule has 1 amide bonds. The van der Waals surface area contributed by atoms with Crippen molar-refractivity contribution in [2.75, 3.05) is 13.1 Å². The maximum Gasteiger partial charge on any atom is 0.254 e. The van der Waals surface area contributed by atoms with Gasteiger partial charge in [0.25, 0.3) is 5.91 Å². The summed E-state index contributed by atoms with van der Waals surface area (Å²) in [6.07, 6.45) is 2.18. The number of benzene rings is 1. The Morgan fingerprint density at radius 3 is 2.50 bits per heavy atom. The highest BCUT2D eigenvalue weighted by atomic mass is 79.9. The molecule has 1 aliphatic rings. The van der Waals surface area contributed by atoms with Gasteiger partial charge in [-0.3, -0.25) is 4.79 Å². The minimum absolute atomic E-state index is 0.171. The fraction of sp³-hybridized carbons (Fsp3) is 0.533. The topological polar surface area (TPSA) is 20.3 Å². The maximum atomic E-state index is 12.5. The number of piperidine rings is 1. The lowest BCUT2D eigenvalue weighted by molar-refractivity contribution is 0.0629. The van der Waals surface area contributed by atoms with E-state index in [9.17, 15) is 4.79 Å². The van der Waals surface area contributed by atoms with Crippen LogP contribution in [0.3, 0.4) is 0 Å². The van der Waals surface area contributed by atoms with E-state index >= 15 is 0 Å². The predicted octanol–water partition coefficient (Wildman–Crippen LogP) is 4.02. The van der Waals surface area contributed by atoms with Crippen molar-refractivity contribution in [1.82, 2.24) is 4.90 Å². The zero-order valence-corrected chi connectivity index (χ0v) is 12.9. The Labute approximate surface area is 117 Å². The van der Waals surface area contributed by atoms with Gasteiger partial charge in [0.1, 0.15) is 0 Å². The van der Waals surface area contributed by atoms with E-state index in [1.165, 1.54) is 0 Å². The Bertz CT molecular complexity index is 458. The van der Waals surface area contributed by atoms with Crippen LogP contribution in [-0.4, -0.2) is 23.9 Å². The second kappa shape index (κ2) is 5.04. The van der Waals surface area contributed by atoms with Crippen LogP contribution >= 0.6 is 15.9 Å². The lowest BCUT2D eigenvalue weighted by Crippen LogP contribution is -2.41. The third-order valence-corrected chi connectivity index (χ3v) is 4.76. The van der Waals surface area contributed by atoms with E-state index in [-0.39, 0.29) is 5.91 Å². The average Bonchev–Trinajstić information content (AvgIpc) is 2.32. The molecule has 18 heavy (non-hydrogen) atoms. The lowest BCUT2D eigenvalue weighted by Gasteiger charge is -2.37. The molecule has 0 bridgehead atoms. The smallest absolute Gasteiger partial charge is 0.254 e. The molecule has 1 fully saturated rings. The first-order valence-corrected chi connectivity index (χ1v) is 7.24. The largest absolute Gasteiger partial charge is 0.339 e. The van der Waals surface area contributed by atoms with Gasteiger partial charge in [0.15, 0.2) is 0 Å². The van der Waals surface area contributed by atoms with E-state index < -0.39 is 0 Å². The Morgan fingerprint density at radius 1 is 1.28 bits per heavy atom. The predicted molar refractivity (Wildman–Crippen MR) is 77.8 cm³/mol. The summed E-state index contributed by atoms with van der Waals surface area (Å²) in [5.74, 6) is 0.171. The highest BCUT2D eigenvalue weighted by Gasteiger charge is 2.28. The van der Waals surface area contributed by atoms with Crippen LogP contribution in [0.4, 0.5) is 0 Å². The molecular weight excluding hydrogens is 290 g/mol. The second-order valence-corrected chi connectivity index (χ2v) is 6.72. The van der Waals surface area contributed by atoms with Gasteiger partial charge in [0.2, 0.25) is 0 Å². The summed E-state index contributed by atoms with van der Waals surface area (Å²) in [4.78, 5) is 14.5. The van der Waals surface area contributed by atoms with Crippen molar-refractivity contribution in [1.29, 1.82) is 0 Å². The molecule has 0 N–H and O–H groups in total. The maximum absolute atomic E-state index is 12.5. The lowest BCUT2D eigenvalue weighted by atomic mass is 9.82. The van der Waals surface area contributed by atoms with E-state index in [0.29, 0.717) is 5.41 Å². The number of carbonyl (C=O) groups is 1. The number of nitrogens with zero attached hydrogens (tertiary/aromatic N) is 1. The van der Waals surface area contributed by atoms with Gasteiger partial charge in [-0.15, -0.1) is 0 Å². The number of rotatable bonds is 1. The van der Waals surface area contributed by atoms with Crippen molar-refractivity contribution >= 4 is 21.8 Å². The molecule has 1 saturated heterocycles. The van der Waals surface area contributed by atoms with Gasteiger partial charge < -0.3 is 4.90 Å². The molecule has 1 aliphatic heterocycles. The number of likely N-dealkylation sites (tertiary alicyclic amines) is 1. The second-order valence-electron chi connectivity index (χ2n) is 5.87. The van der Waals surface area contributed by atoms with Crippen molar-refractivity contribution in [2.24, 2.45) is 5.41 Å². The molecule has 0 aromatic heterocycles. The molecule has 0 saturated carbocycles. The molecule has 98 valence electrons. The zero-order chi connectivity index (χ0) is 13.3. The van der Waals surface area contributed by atoms with Gasteiger partial charge in [0, 0.05) is 23.1 Å². The molecule has 1 aromatic rings. The number of hydrogen-bond acceptors (Lipinski definition) is 1. The van der Waals surface area contributed by atoms with Crippen LogP contribution in [0.1, 0.15) is 42.6 Å². The van der Waals surface area contributed by atoms with Gasteiger partial charge in [-0.25, -0.2) is 0 Å². The summed E-state index contributed by atoms with van der Waals surface area (Å²) in [5, 5.41) is 0. The van der Waals surface area contributed by atoms with Crippen LogP contribution in [0.25, 0.3) is 0 Å². The minimum atomic E-state index is 0.171. The van der Waals surface area contributed by atoms with Crippen LogP contribution in [-0.2, 0) is 0 Å². The van der Waals surface area contributed by atoms with E-state index in [2.05, 4.69) is 29.8 Å². The Balaban J connectivity index is 2.15. The number of halogens is 1. The van der Waals surface area contributed by atoms with Crippen LogP contribution in [0.15, 0.2) is 22.7 Å². The number of carbonyl (C=O) groups excluding carboxylic acids is 1. The summed E-state index contributed by atoms with van der Waals surface area (Å²) in [7, 11) is 0. The number of hydrogen-bond donors (Lipinski definition) is 0. The Kier molecular flexibility index (Phi) is 3.81. The van der Waals surface area contributed by atoms with Gasteiger partial charge in [-0.05, 0) is 42.9 Å². The molecule has 0 atom stereocenters. The van der Waals surface area contributed by atoms with Crippen molar-refractivity contribution in [3.05, 3.63) is 33.8 Å². The van der Waals surface area contributed by atoms with Gasteiger partial charge in [-0.1, -0.05) is 35.8 Å². The van der Waals surface area contributed by atoms with Crippen molar-refractivity contribution in [3.63, 3.8) is 0 Å². The first-order chi connectivity index (χ1) is 8.41. The van der Waals surface area contributed by atoms with E-state index in [0.717, 1.165) is 41.5 Å². The summed E-state index contributed by atoms with van der Waals surface area (Å²) in [5.41, 5.74) is 2.24. The SMILES string of the molecule is Cc1c(Br)cccc1C(=O)N1CCC(C)(C)CC1. The van der Waals surface area contributed by atoms with Crippen LogP contribution < -0.4 is 0 Å². The zero-order valence-electron chi connectivity index (χ0n) is 11.3. The molecule has 3 heteroatoms. The third kappa shape index (κ3) is 2.77. The average molecular weight is 310 g/mol. The fourth-order valence-electron chi connectivity index (χ4n) is 2.32. The molecule has 0 spiro atoms. The molecule has 1 heterocycles. The molecule has 0 radical (unpaired) electrons. The summed E-state index contributed by atoms with van der Waals surface area (Å²) < 4.78 is 1.01. The minimum Gasteiger partial charge on any atom is -0.339 e. The molecular formula is C15H20BrNO. The summed E-state index contributed by atoms with van der Waals surface area (Å²) in [6, 6.07) is 5.83. The first-order valence-electron chi connectivity index (χ1n) is 6.45. The molecule has 0 aliphatic carbocycles. The Morgan fingerprint density at radius 2 is 1.89 bits per heavy atom. The third-order valence-electron chi connectivity index (χ3n) is 3.90. The number of amides is 1. The molecule has 1 aromatic carbocycles. The Hall–Kier alpha value is -0.830. The highest BCUT2D eigenvalue weighted by Crippen LogP contribution is 2.31. The molecule has 2 nitrogen and oxygen atoms in total. The van der Waals surface area contributed by atoms with Crippen molar-refractivity contribution < 1.29 is 4.79 Å². The summed E-state index contributed by atoms with van der Waals surface area (Å²) >= 11 is 3.49. The van der Waals surface area contributed by atoms with E-state index in [4.69, 9.17) is 0 Å². The molecule has 0 unspecified atom stereocenters. The first kappa shape index (κ1) is 13.6. The quantitative estimate of drug-likeness (QED) is 0.767. The van der Waals surface area contributed by atoms with Gasteiger partial charge in [0.05, 0.1) is 0 Å². The van der Waals surface area contributed by atoms with Gasteiger partial charge in [-0.2, -0.15) is 0 Å². The van der Waals surface area contributed by atoms with Crippen LogP contribution in [0, 0.1) is 12.3 Å².